The molecule has 0 bridgehead atoms. The van der Waals surface area contributed by atoms with E-state index in [9.17, 15) is 14.9 Å². The number of benzene rings is 2. The zero-order valence-electron chi connectivity index (χ0n) is 10.9. The highest BCUT2D eigenvalue weighted by Crippen LogP contribution is 2.35. The van der Waals surface area contributed by atoms with Crippen LogP contribution in [-0.2, 0) is 0 Å². The quantitative estimate of drug-likeness (QED) is 0.476. The van der Waals surface area contributed by atoms with E-state index in [-0.39, 0.29) is 22.2 Å². The number of carbonyl (C=O) groups excluding carboxylic acids is 1. The molecule has 21 heavy (non-hydrogen) atoms. The van der Waals surface area contributed by atoms with E-state index >= 15 is 0 Å². The molecule has 0 spiro atoms. The Morgan fingerprint density at radius 3 is 2.48 bits per heavy atom. The number of hydrogen-bond acceptors (Lipinski definition) is 5. The van der Waals surface area contributed by atoms with Crippen LogP contribution in [0.15, 0.2) is 36.4 Å². The minimum absolute atomic E-state index is 0.134. The average Bonchev–Trinajstić information content (AvgIpc) is 2.49. The van der Waals surface area contributed by atoms with Crippen LogP contribution in [0.2, 0.25) is 5.02 Å². The number of methoxy groups -OCH3 is 1. The predicted octanol–water partition coefficient (Wildman–Crippen LogP) is 3.86. The molecule has 0 aliphatic rings. The largest absolute Gasteiger partial charge is 0.490 e. The maximum absolute atomic E-state index is 10.9. The Balaban J connectivity index is 2.33. The van der Waals surface area contributed by atoms with E-state index in [1.54, 1.807) is 0 Å². The number of aldehydes is 1. The van der Waals surface area contributed by atoms with Gasteiger partial charge in [-0.1, -0.05) is 11.6 Å². The Labute approximate surface area is 125 Å². The summed E-state index contributed by atoms with van der Waals surface area (Å²) in [5.74, 6) is 0.666. The van der Waals surface area contributed by atoms with Gasteiger partial charge in [-0.25, -0.2) is 0 Å². The number of halogens is 1. The topological polar surface area (TPSA) is 78.7 Å². The minimum Gasteiger partial charge on any atom is -0.490 e. The van der Waals surface area contributed by atoms with Gasteiger partial charge in [0.25, 0.3) is 0 Å². The lowest BCUT2D eigenvalue weighted by Crippen LogP contribution is -1.95. The third kappa shape index (κ3) is 3.29. The molecule has 0 saturated carbocycles. The first-order chi connectivity index (χ1) is 10.0. The van der Waals surface area contributed by atoms with E-state index in [2.05, 4.69) is 0 Å². The summed E-state index contributed by atoms with van der Waals surface area (Å²) in [6, 6.07) is 8.69. The highest BCUT2D eigenvalue weighted by molar-refractivity contribution is 6.32. The van der Waals surface area contributed by atoms with Gasteiger partial charge in [0.2, 0.25) is 0 Å². The molecular formula is C14H10ClNO5. The fourth-order valence-corrected chi connectivity index (χ4v) is 1.90. The van der Waals surface area contributed by atoms with Crippen molar-refractivity contribution in [1.29, 1.82) is 0 Å². The molecule has 2 rings (SSSR count). The predicted molar refractivity (Wildman–Crippen MR) is 76.6 cm³/mol. The number of carbonyl (C=O) groups is 1. The first-order valence-corrected chi connectivity index (χ1v) is 6.18. The van der Waals surface area contributed by atoms with Crippen molar-refractivity contribution in [3.63, 3.8) is 0 Å². The Kier molecular flexibility index (Phi) is 4.39. The van der Waals surface area contributed by atoms with Gasteiger partial charge in [-0.05, 0) is 30.3 Å². The molecular weight excluding hydrogens is 298 g/mol. The zero-order chi connectivity index (χ0) is 15.4. The summed E-state index contributed by atoms with van der Waals surface area (Å²) >= 11 is 5.98. The fraction of sp³-hybridized carbons (Fsp3) is 0.0714. The molecule has 2 aromatic carbocycles. The molecule has 0 radical (unpaired) electrons. The van der Waals surface area contributed by atoms with E-state index in [0.717, 1.165) is 0 Å². The van der Waals surface area contributed by atoms with Crippen LogP contribution in [0.1, 0.15) is 10.4 Å². The molecule has 0 N–H and O–H groups in total. The Bertz CT molecular complexity index is 702. The average molecular weight is 308 g/mol. The van der Waals surface area contributed by atoms with Crippen LogP contribution in [0.3, 0.4) is 0 Å². The molecule has 7 heteroatoms. The van der Waals surface area contributed by atoms with Crippen molar-refractivity contribution in [1.82, 2.24) is 0 Å². The van der Waals surface area contributed by atoms with Gasteiger partial charge in [-0.3, -0.25) is 14.9 Å². The zero-order valence-corrected chi connectivity index (χ0v) is 11.7. The van der Waals surface area contributed by atoms with Gasteiger partial charge in [-0.2, -0.15) is 0 Å². The van der Waals surface area contributed by atoms with Crippen LogP contribution >= 0.6 is 11.6 Å². The highest BCUT2D eigenvalue weighted by atomic mass is 35.5. The van der Waals surface area contributed by atoms with Crippen molar-refractivity contribution in [2.75, 3.05) is 7.11 Å². The number of nitro groups is 1. The smallest absolute Gasteiger partial charge is 0.314 e. The minimum atomic E-state index is -0.567. The molecule has 2 aromatic rings. The van der Waals surface area contributed by atoms with Gasteiger partial charge in [0.1, 0.15) is 17.8 Å². The summed E-state index contributed by atoms with van der Waals surface area (Å²) in [5, 5.41) is 11.2. The van der Waals surface area contributed by atoms with Crippen molar-refractivity contribution in [2.45, 2.75) is 0 Å². The van der Waals surface area contributed by atoms with E-state index in [4.69, 9.17) is 21.1 Å². The number of nitrogens with zero attached hydrogens (tertiary/aromatic N) is 1. The Morgan fingerprint density at radius 2 is 1.90 bits per heavy atom. The van der Waals surface area contributed by atoms with Crippen LogP contribution in [-0.4, -0.2) is 18.3 Å². The lowest BCUT2D eigenvalue weighted by Gasteiger charge is -2.09. The maximum Gasteiger partial charge on any atom is 0.314 e. The van der Waals surface area contributed by atoms with Gasteiger partial charge in [0.15, 0.2) is 5.75 Å². The normalized spacial score (nSPS) is 10.0. The molecule has 0 fully saturated rings. The molecule has 0 saturated heterocycles. The van der Waals surface area contributed by atoms with E-state index in [1.165, 1.54) is 43.5 Å². The molecule has 0 aromatic heterocycles. The molecule has 0 amide bonds. The van der Waals surface area contributed by atoms with Gasteiger partial charge in [-0.15, -0.1) is 0 Å². The standard InChI is InChI=1S/C14H10ClNO5/c1-20-14-5-3-10(7-12(14)16(18)19)21-13-4-2-9(8-17)6-11(13)15/h2-8H,1H3. The summed E-state index contributed by atoms with van der Waals surface area (Å²) in [6.07, 6.45) is 0.661. The first kappa shape index (κ1) is 14.8. The molecule has 0 aliphatic heterocycles. The molecule has 0 atom stereocenters. The van der Waals surface area contributed by atoms with E-state index in [1.807, 2.05) is 0 Å². The number of nitro benzene ring substituents is 1. The highest BCUT2D eigenvalue weighted by Gasteiger charge is 2.16. The Hall–Kier alpha value is -2.60. The van der Waals surface area contributed by atoms with Crippen molar-refractivity contribution in [3.8, 4) is 17.2 Å². The second-order valence-corrected chi connectivity index (χ2v) is 4.41. The van der Waals surface area contributed by atoms with Crippen LogP contribution in [0.25, 0.3) is 0 Å². The lowest BCUT2D eigenvalue weighted by molar-refractivity contribution is -0.385. The number of rotatable bonds is 5. The van der Waals surface area contributed by atoms with Gasteiger partial charge < -0.3 is 9.47 Å². The van der Waals surface area contributed by atoms with Crippen molar-refractivity contribution in [2.24, 2.45) is 0 Å². The summed E-state index contributed by atoms with van der Waals surface area (Å²) in [7, 11) is 1.35. The van der Waals surface area contributed by atoms with Crippen LogP contribution < -0.4 is 9.47 Å². The summed E-state index contributed by atoms with van der Waals surface area (Å²) < 4.78 is 10.4. The summed E-state index contributed by atoms with van der Waals surface area (Å²) in [6.45, 7) is 0. The molecule has 0 unspecified atom stereocenters. The summed E-state index contributed by atoms with van der Waals surface area (Å²) in [5.41, 5.74) is 0.198. The number of hydrogen-bond donors (Lipinski definition) is 0. The van der Waals surface area contributed by atoms with Gasteiger partial charge in [0.05, 0.1) is 23.1 Å². The molecule has 108 valence electrons. The second kappa shape index (κ2) is 6.23. The van der Waals surface area contributed by atoms with Crippen LogP contribution in [0, 0.1) is 10.1 Å². The van der Waals surface area contributed by atoms with Gasteiger partial charge in [0, 0.05) is 5.56 Å². The Morgan fingerprint density at radius 1 is 1.19 bits per heavy atom. The van der Waals surface area contributed by atoms with Gasteiger partial charge >= 0.3 is 5.69 Å². The first-order valence-electron chi connectivity index (χ1n) is 5.80. The molecule has 6 nitrogen and oxygen atoms in total. The third-order valence-corrected chi connectivity index (χ3v) is 2.96. The molecule has 0 heterocycles. The monoisotopic (exact) mass is 307 g/mol. The van der Waals surface area contributed by atoms with Crippen molar-refractivity contribution >= 4 is 23.6 Å². The number of ether oxygens (including phenoxy) is 2. The van der Waals surface area contributed by atoms with E-state index < -0.39 is 4.92 Å². The lowest BCUT2D eigenvalue weighted by atomic mass is 10.2. The summed E-state index contributed by atoms with van der Waals surface area (Å²) in [4.78, 5) is 21.0. The van der Waals surface area contributed by atoms with E-state index in [0.29, 0.717) is 17.6 Å². The molecule has 0 aliphatic carbocycles. The van der Waals surface area contributed by atoms with Crippen molar-refractivity contribution < 1.29 is 19.2 Å². The van der Waals surface area contributed by atoms with Crippen molar-refractivity contribution in [3.05, 3.63) is 57.1 Å². The van der Waals surface area contributed by atoms with Crippen LogP contribution in [0.4, 0.5) is 5.69 Å². The maximum atomic E-state index is 10.9. The second-order valence-electron chi connectivity index (χ2n) is 4.00. The van der Waals surface area contributed by atoms with Crippen LogP contribution in [0.5, 0.6) is 17.2 Å². The third-order valence-electron chi connectivity index (χ3n) is 2.67. The SMILES string of the molecule is COc1ccc(Oc2ccc(C=O)cc2Cl)cc1[N+](=O)[O-]. The fourth-order valence-electron chi connectivity index (χ4n) is 1.68.